The number of hydrogen-bond acceptors (Lipinski definition) is 5. The van der Waals surface area contributed by atoms with Gasteiger partial charge >= 0.3 is 0 Å². The van der Waals surface area contributed by atoms with Crippen LogP contribution in [0, 0.1) is 13.8 Å². The molecule has 0 saturated heterocycles. The molecule has 0 fully saturated rings. The van der Waals surface area contributed by atoms with Crippen LogP contribution in [0.15, 0.2) is 46.9 Å². The molecule has 2 aromatic carbocycles. The largest absolute Gasteiger partial charge is 0.497 e. The Hall–Kier alpha value is -3.28. The monoisotopic (exact) mass is 366 g/mol. The van der Waals surface area contributed by atoms with Crippen LogP contribution < -0.4 is 14.8 Å². The van der Waals surface area contributed by atoms with Crippen LogP contribution in [0.2, 0.25) is 0 Å². The van der Waals surface area contributed by atoms with E-state index in [1.54, 1.807) is 21.1 Å². The van der Waals surface area contributed by atoms with Crippen molar-refractivity contribution in [2.75, 3.05) is 19.5 Å². The van der Waals surface area contributed by atoms with Crippen molar-refractivity contribution < 1.29 is 18.7 Å². The number of ether oxygens (including phenoxy) is 2. The Balaban J connectivity index is 1.77. The van der Waals surface area contributed by atoms with E-state index in [9.17, 15) is 4.79 Å². The SMILES string of the molecule is COc1cccc(-c2nc(CC(=O)Nc3cc(C)ccc3OC)c(C)o2)c1. The minimum absolute atomic E-state index is 0.108. The lowest BCUT2D eigenvalue weighted by molar-refractivity contribution is -0.115. The normalized spacial score (nSPS) is 10.5. The van der Waals surface area contributed by atoms with Crippen molar-refractivity contribution in [3.63, 3.8) is 0 Å². The molecule has 0 atom stereocenters. The molecule has 1 amide bonds. The Morgan fingerprint density at radius 1 is 1.11 bits per heavy atom. The molecule has 1 heterocycles. The molecular weight excluding hydrogens is 344 g/mol. The minimum Gasteiger partial charge on any atom is -0.497 e. The van der Waals surface area contributed by atoms with Gasteiger partial charge in [-0.25, -0.2) is 4.98 Å². The summed E-state index contributed by atoms with van der Waals surface area (Å²) >= 11 is 0. The average Bonchev–Trinajstić information content (AvgIpc) is 3.02. The number of carbonyl (C=O) groups excluding carboxylic acids is 1. The highest BCUT2D eigenvalue weighted by molar-refractivity contribution is 5.93. The third-order valence-electron chi connectivity index (χ3n) is 4.17. The van der Waals surface area contributed by atoms with Gasteiger partial charge in [-0.15, -0.1) is 0 Å². The second-order valence-corrected chi connectivity index (χ2v) is 6.18. The van der Waals surface area contributed by atoms with Gasteiger partial charge in [-0.1, -0.05) is 12.1 Å². The molecule has 140 valence electrons. The molecule has 1 aromatic heterocycles. The molecule has 6 nitrogen and oxygen atoms in total. The maximum Gasteiger partial charge on any atom is 0.230 e. The molecule has 0 bridgehead atoms. The van der Waals surface area contributed by atoms with Gasteiger partial charge in [-0.05, 0) is 49.7 Å². The molecular formula is C21H22N2O4. The van der Waals surface area contributed by atoms with E-state index in [0.717, 1.165) is 11.1 Å². The Morgan fingerprint density at radius 3 is 2.67 bits per heavy atom. The lowest BCUT2D eigenvalue weighted by atomic mass is 10.2. The predicted molar refractivity (Wildman–Crippen MR) is 103 cm³/mol. The Labute approximate surface area is 158 Å². The van der Waals surface area contributed by atoms with Gasteiger partial charge in [-0.3, -0.25) is 4.79 Å². The smallest absolute Gasteiger partial charge is 0.230 e. The highest BCUT2D eigenvalue weighted by atomic mass is 16.5. The number of benzene rings is 2. The molecule has 0 spiro atoms. The molecule has 0 aliphatic heterocycles. The van der Waals surface area contributed by atoms with E-state index < -0.39 is 0 Å². The van der Waals surface area contributed by atoms with E-state index in [0.29, 0.717) is 34.5 Å². The van der Waals surface area contributed by atoms with Gasteiger partial charge in [0.15, 0.2) is 0 Å². The van der Waals surface area contributed by atoms with Gasteiger partial charge in [0.2, 0.25) is 11.8 Å². The average molecular weight is 366 g/mol. The maximum atomic E-state index is 12.5. The molecule has 6 heteroatoms. The summed E-state index contributed by atoms with van der Waals surface area (Å²) in [7, 11) is 3.18. The third-order valence-corrected chi connectivity index (χ3v) is 4.17. The summed E-state index contributed by atoms with van der Waals surface area (Å²) in [6.07, 6.45) is 0.108. The van der Waals surface area contributed by atoms with Gasteiger partial charge in [0.05, 0.1) is 32.0 Å². The van der Waals surface area contributed by atoms with Crippen molar-refractivity contribution >= 4 is 11.6 Å². The van der Waals surface area contributed by atoms with E-state index >= 15 is 0 Å². The maximum absolute atomic E-state index is 12.5. The Morgan fingerprint density at radius 2 is 1.93 bits per heavy atom. The lowest BCUT2D eigenvalue weighted by Crippen LogP contribution is -2.15. The number of oxazole rings is 1. The number of nitrogens with one attached hydrogen (secondary N) is 1. The van der Waals surface area contributed by atoms with Crippen molar-refractivity contribution in [3.8, 4) is 23.0 Å². The van der Waals surface area contributed by atoms with Gasteiger partial charge in [-0.2, -0.15) is 0 Å². The fourth-order valence-electron chi connectivity index (χ4n) is 2.74. The number of rotatable bonds is 6. The number of aryl methyl sites for hydroxylation is 2. The standard InChI is InChI=1S/C21H22N2O4/c1-13-8-9-19(26-4)18(10-13)22-20(24)12-17-14(2)27-21(23-17)15-6-5-7-16(11-15)25-3/h5-11H,12H2,1-4H3,(H,22,24). The van der Waals surface area contributed by atoms with Crippen molar-refractivity contribution in [1.82, 2.24) is 4.98 Å². The van der Waals surface area contributed by atoms with Gasteiger partial charge in [0.1, 0.15) is 17.3 Å². The number of anilines is 1. The highest BCUT2D eigenvalue weighted by Crippen LogP contribution is 2.27. The van der Waals surface area contributed by atoms with Crippen LogP contribution in [-0.2, 0) is 11.2 Å². The van der Waals surface area contributed by atoms with E-state index in [-0.39, 0.29) is 12.3 Å². The molecule has 0 radical (unpaired) electrons. The third kappa shape index (κ3) is 4.28. The van der Waals surface area contributed by atoms with Crippen LogP contribution in [0.3, 0.4) is 0 Å². The van der Waals surface area contributed by atoms with E-state index in [2.05, 4.69) is 10.3 Å². The van der Waals surface area contributed by atoms with Crippen molar-refractivity contribution in [1.29, 1.82) is 0 Å². The van der Waals surface area contributed by atoms with Crippen LogP contribution in [0.1, 0.15) is 17.0 Å². The molecule has 0 saturated carbocycles. The molecule has 3 aromatic rings. The number of hydrogen-bond donors (Lipinski definition) is 1. The van der Waals surface area contributed by atoms with Crippen molar-refractivity contribution in [2.45, 2.75) is 20.3 Å². The highest BCUT2D eigenvalue weighted by Gasteiger charge is 2.16. The summed E-state index contributed by atoms with van der Waals surface area (Å²) in [5, 5.41) is 2.88. The van der Waals surface area contributed by atoms with E-state index in [1.165, 1.54) is 0 Å². The van der Waals surface area contributed by atoms with Gasteiger partial charge in [0.25, 0.3) is 0 Å². The topological polar surface area (TPSA) is 73.6 Å². The summed E-state index contributed by atoms with van der Waals surface area (Å²) < 4.78 is 16.3. The van der Waals surface area contributed by atoms with Crippen molar-refractivity contribution in [2.24, 2.45) is 0 Å². The zero-order valence-electron chi connectivity index (χ0n) is 15.8. The van der Waals surface area contributed by atoms with Crippen LogP contribution in [0.5, 0.6) is 11.5 Å². The zero-order valence-corrected chi connectivity index (χ0v) is 15.8. The molecule has 1 N–H and O–H groups in total. The Bertz CT molecular complexity index is 963. The predicted octanol–water partition coefficient (Wildman–Crippen LogP) is 4.16. The first kappa shape index (κ1) is 18.5. The zero-order chi connectivity index (χ0) is 19.4. The first-order valence-electron chi connectivity index (χ1n) is 8.55. The van der Waals surface area contributed by atoms with E-state index in [1.807, 2.05) is 49.4 Å². The molecule has 0 unspecified atom stereocenters. The summed E-state index contributed by atoms with van der Waals surface area (Å²) in [4.78, 5) is 17.0. The number of carbonyl (C=O) groups is 1. The quantitative estimate of drug-likeness (QED) is 0.709. The van der Waals surface area contributed by atoms with Crippen LogP contribution >= 0.6 is 0 Å². The fraction of sp³-hybridized carbons (Fsp3) is 0.238. The first-order valence-corrected chi connectivity index (χ1v) is 8.55. The summed E-state index contributed by atoms with van der Waals surface area (Å²) in [5.41, 5.74) is 3.06. The van der Waals surface area contributed by atoms with Gasteiger partial charge < -0.3 is 19.2 Å². The Kier molecular flexibility index (Phi) is 5.45. The summed E-state index contributed by atoms with van der Waals surface area (Å²) in [5.74, 6) is 2.21. The van der Waals surface area contributed by atoms with Crippen molar-refractivity contribution in [3.05, 3.63) is 59.5 Å². The number of nitrogens with zero attached hydrogens (tertiary/aromatic N) is 1. The molecule has 0 aliphatic rings. The molecule has 27 heavy (non-hydrogen) atoms. The van der Waals surface area contributed by atoms with Crippen LogP contribution in [-0.4, -0.2) is 25.1 Å². The fourth-order valence-corrected chi connectivity index (χ4v) is 2.74. The van der Waals surface area contributed by atoms with Crippen LogP contribution in [0.25, 0.3) is 11.5 Å². The second-order valence-electron chi connectivity index (χ2n) is 6.18. The number of methoxy groups -OCH3 is 2. The second kappa shape index (κ2) is 7.95. The van der Waals surface area contributed by atoms with Crippen LogP contribution in [0.4, 0.5) is 5.69 Å². The number of amides is 1. The lowest BCUT2D eigenvalue weighted by Gasteiger charge is -2.10. The summed E-state index contributed by atoms with van der Waals surface area (Å²) in [6.45, 7) is 3.75. The molecule has 3 rings (SSSR count). The molecule has 0 aliphatic carbocycles. The van der Waals surface area contributed by atoms with E-state index in [4.69, 9.17) is 13.9 Å². The minimum atomic E-state index is -0.188. The summed E-state index contributed by atoms with van der Waals surface area (Å²) in [6, 6.07) is 13.1. The van der Waals surface area contributed by atoms with Gasteiger partial charge in [0, 0.05) is 5.56 Å². The number of aromatic nitrogens is 1. The first-order chi connectivity index (χ1) is 13.0.